The predicted molar refractivity (Wildman–Crippen MR) is 131 cm³/mol. The molecule has 4 rings (SSSR count). The van der Waals surface area contributed by atoms with E-state index in [0.29, 0.717) is 23.6 Å². The summed E-state index contributed by atoms with van der Waals surface area (Å²) in [4.78, 5) is 15.4. The lowest BCUT2D eigenvalue weighted by Gasteiger charge is -2.41. The highest BCUT2D eigenvalue weighted by atomic mass is 19.1. The molecule has 0 aliphatic carbocycles. The molecule has 0 radical (unpaired) electrons. The third-order valence-corrected chi connectivity index (χ3v) is 6.47. The minimum atomic E-state index is -0.250. The van der Waals surface area contributed by atoms with Crippen LogP contribution in [0.15, 0.2) is 60.7 Å². The molecule has 0 saturated carbocycles. The first-order valence-electron chi connectivity index (χ1n) is 11.5. The van der Waals surface area contributed by atoms with Gasteiger partial charge >= 0.3 is 0 Å². The maximum atomic E-state index is 13.5. The third-order valence-electron chi connectivity index (χ3n) is 6.47. The Balaban J connectivity index is 1.67. The summed E-state index contributed by atoms with van der Waals surface area (Å²) in [5.41, 5.74) is 5.03. The van der Waals surface area contributed by atoms with E-state index in [-0.39, 0.29) is 23.8 Å². The maximum absolute atomic E-state index is 13.5. The lowest BCUT2D eigenvalue weighted by molar-refractivity contribution is 0.0877. The molecule has 0 bridgehead atoms. The fourth-order valence-electron chi connectivity index (χ4n) is 4.69. The average molecular weight is 463 g/mol. The standard InChI is InChI=1S/C28H31FN2O3/c1-18-5-9-21(10-6-18)28(32)30-19(2)27-24-16-26(34-4)25(33-3)15-22(24)13-14-31(27)17-20-7-11-23(29)12-8-20/h5-12,15-16,19,27H,13-14,17H2,1-4H3,(H,30,32)/t19-,27-/m1/s1. The Morgan fingerprint density at radius 2 is 1.71 bits per heavy atom. The molecule has 1 N–H and O–H groups in total. The van der Waals surface area contributed by atoms with Crippen LogP contribution in [0.5, 0.6) is 11.5 Å². The number of carbonyl (C=O) groups excluding carboxylic acids is 1. The van der Waals surface area contributed by atoms with E-state index >= 15 is 0 Å². The van der Waals surface area contributed by atoms with Gasteiger partial charge in [0.15, 0.2) is 11.5 Å². The van der Waals surface area contributed by atoms with E-state index < -0.39 is 0 Å². The van der Waals surface area contributed by atoms with Crippen molar-refractivity contribution in [3.63, 3.8) is 0 Å². The van der Waals surface area contributed by atoms with Crippen molar-refractivity contribution in [2.45, 2.75) is 38.9 Å². The molecule has 5 nitrogen and oxygen atoms in total. The monoisotopic (exact) mass is 462 g/mol. The first kappa shape index (κ1) is 23.8. The number of hydrogen-bond donors (Lipinski definition) is 1. The second kappa shape index (κ2) is 10.3. The normalized spacial score (nSPS) is 16.4. The van der Waals surface area contributed by atoms with Crippen molar-refractivity contribution in [1.29, 1.82) is 0 Å². The van der Waals surface area contributed by atoms with Crippen LogP contribution in [0.3, 0.4) is 0 Å². The van der Waals surface area contributed by atoms with E-state index in [1.165, 1.54) is 17.7 Å². The van der Waals surface area contributed by atoms with Crippen LogP contribution < -0.4 is 14.8 Å². The van der Waals surface area contributed by atoms with Gasteiger partial charge < -0.3 is 14.8 Å². The zero-order valence-electron chi connectivity index (χ0n) is 20.1. The molecule has 1 aliphatic rings. The molecule has 0 spiro atoms. The van der Waals surface area contributed by atoms with Crippen molar-refractivity contribution in [2.75, 3.05) is 20.8 Å². The van der Waals surface area contributed by atoms with Crippen LogP contribution in [-0.4, -0.2) is 37.6 Å². The highest BCUT2D eigenvalue weighted by Crippen LogP contribution is 2.40. The van der Waals surface area contributed by atoms with Crippen molar-refractivity contribution >= 4 is 5.91 Å². The molecule has 1 aliphatic heterocycles. The van der Waals surface area contributed by atoms with E-state index in [1.54, 1.807) is 14.2 Å². The van der Waals surface area contributed by atoms with Gasteiger partial charge in [-0.1, -0.05) is 29.8 Å². The van der Waals surface area contributed by atoms with E-state index in [4.69, 9.17) is 9.47 Å². The number of hydrogen-bond acceptors (Lipinski definition) is 4. The molecular weight excluding hydrogens is 431 g/mol. The third kappa shape index (κ3) is 5.07. The number of methoxy groups -OCH3 is 2. The molecule has 0 aromatic heterocycles. The summed E-state index contributed by atoms with van der Waals surface area (Å²) in [5.74, 6) is 0.997. The van der Waals surface area contributed by atoms with Crippen molar-refractivity contribution in [3.05, 3.63) is 94.3 Å². The van der Waals surface area contributed by atoms with Gasteiger partial charge in [-0.25, -0.2) is 4.39 Å². The topological polar surface area (TPSA) is 50.8 Å². The number of benzene rings is 3. The van der Waals surface area contributed by atoms with E-state index in [9.17, 15) is 9.18 Å². The van der Waals surface area contributed by atoms with Crippen LogP contribution in [0, 0.1) is 12.7 Å². The van der Waals surface area contributed by atoms with Crippen LogP contribution in [0.4, 0.5) is 4.39 Å². The van der Waals surface area contributed by atoms with Crippen molar-refractivity contribution in [3.8, 4) is 11.5 Å². The quantitative estimate of drug-likeness (QED) is 0.533. The van der Waals surface area contributed by atoms with Crippen molar-refractivity contribution < 1.29 is 18.7 Å². The molecule has 178 valence electrons. The van der Waals surface area contributed by atoms with Gasteiger partial charge in [-0.3, -0.25) is 9.69 Å². The Hall–Kier alpha value is -3.38. The van der Waals surface area contributed by atoms with Crippen LogP contribution in [0.1, 0.15) is 45.6 Å². The molecule has 1 heterocycles. The SMILES string of the molecule is COc1cc2c(cc1OC)[C@@H]([C@@H](C)NC(=O)c1ccc(C)cc1)N(Cc1ccc(F)cc1)CC2. The number of nitrogens with one attached hydrogen (secondary N) is 1. The molecule has 34 heavy (non-hydrogen) atoms. The lowest BCUT2D eigenvalue weighted by atomic mass is 9.87. The number of amides is 1. The summed E-state index contributed by atoms with van der Waals surface area (Å²) in [6.45, 7) is 5.47. The van der Waals surface area contributed by atoms with Gasteiger partial charge in [-0.15, -0.1) is 0 Å². The molecule has 1 amide bonds. The molecule has 2 atom stereocenters. The highest BCUT2D eigenvalue weighted by Gasteiger charge is 2.34. The highest BCUT2D eigenvalue weighted by molar-refractivity contribution is 5.94. The van der Waals surface area contributed by atoms with Crippen LogP contribution in [0.25, 0.3) is 0 Å². The number of aryl methyl sites for hydroxylation is 1. The molecule has 0 saturated heterocycles. The molecular formula is C28H31FN2O3. The van der Waals surface area contributed by atoms with Gasteiger partial charge in [0.2, 0.25) is 0 Å². The Kier molecular flexibility index (Phi) is 7.17. The summed E-state index contributed by atoms with van der Waals surface area (Å²) < 4.78 is 24.6. The minimum Gasteiger partial charge on any atom is -0.493 e. The second-order valence-electron chi connectivity index (χ2n) is 8.83. The molecule has 3 aromatic rings. The Morgan fingerprint density at radius 3 is 2.35 bits per heavy atom. The molecule has 6 heteroatoms. The molecule has 0 unspecified atom stereocenters. The molecule has 3 aromatic carbocycles. The van der Waals surface area contributed by atoms with Gasteiger partial charge in [0, 0.05) is 24.7 Å². The minimum absolute atomic E-state index is 0.0944. The average Bonchev–Trinajstić information content (AvgIpc) is 2.84. The summed E-state index contributed by atoms with van der Waals surface area (Å²) in [6.07, 6.45) is 0.839. The Morgan fingerprint density at radius 1 is 1.06 bits per heavy atom. The van der Waals surface area contributed by atoms with Gasteiger partial charge in [0.05, 0.1) is 20.3 Å². The van der Waals surface area contributed by atoms with E-state index in [2.05, 4.69) is 10.2 Å². The van der Waals surface area contributed by atoms with Gasteiger partial charge in [0.25, 0.3) is 5.91 Å². The Labute approximate surface area is 200 Å². The largest absolute Gasteiger partial charge is 0.493 e. The molecule has 0 fully saturated rings. The number of ether oxygens (including phenoxy) is 2. The summed E-state index contributed by atoms with van der Waals surface area (Å²) in [5, 5.41) is 3.20. The number of fused-ring (bicyclic) bond motifs is 1. The van der Waals surface area contributed by atoms with Gasteiger partial charge in [0.1, 0.15) is 5.82 Å². The van der Waals surface area contributed by atoms with Gasteiger partial charge in [-0.05, 0) is 73.4 Å². The number of carbonyl (C=O) groups is 1. The number of nitrogens with zero attached hydrogens (tertiary/aromatic N) is 1. The van der Waals surface area contributed by atoms with Crippen LogP contribution >= 0.6 is 0 Å². The van der Waals surface area contributed by atoms with E-state index in [0.717, 1.165) is 29.7 Å². The summed E-state index contributed by atoms with van der Waals surface area (Å²) >= 11 is 0. The summed E-state index contributed by atoms with van der Waals surface area (Å²) in [7, 11) is 3.26. The second-order valence-corrected chi connectivity index (χ2v) is 8.83. The lowest BCUT2D eigenvalue weighted by Crippen LogP contribution is -2.47. The van der Waals surface area contributed by atoms with Crippen LogP contribution in [-0.2, 0) is 13.0 Å². The van der Waals surface area contributed by atoms with Gasteiger partial charge in [-0.2, -0.15) is 0 Å². The smallest absolute Gasteiger partial charge is 0.251 e. The van der Waals surface area contributed by atoms with Crippen LogP contribution in [0.2, 0.25) is 0 Å². The fourth-order valence-corrected chi connectivity index (χ4v) is 4.69. The van der Waals surface area contributed by atoms with E-state index in [1.807, 2.05) is 62.4 Å². The number of halogens is 1. The zero-order chi connectivity index (χ0) is 24.2. The van der Waals surface area contributed by atoms with Crippen molar-refractivity contribution in [1.82, 2.24) is 10.2 Å². The van der Waals surface area contributed by atoms with Crippen molar-refractivity contribution in [2.24, 2.45) is 0 Å². The summed E-state index contributed by atoms with van der Waals surface area (Å²) in [6, 6.07) is 17.9. The zero-order valence-corrected chi connectivity index (χ0v) is 20.1. The Bertz CT molecular complexity index is 1150. The first-order chi connectivity index (χ1) is 16.4. The number of rotatable bonds is 7. The fraction of sp³-hybridized carbons (Fsp3) is 0.321. The first-order valence-corrected chi connectivity index (χ1v) is 11.5. The maximum Gasteiger partial charge on any atom is 0.251 e. The predicted octanol–water partition coefficient (Wildman–Crippen LogP) is 5.07.